The van der Waals surface area contributed by atoms with E-state index in [0.29, 0.717) is 41.8 Å². The van der Waals surface area contributed by atoms with Crippen molar-refractivity contribution in [2.75, 3.05) is 19.8 Å². The Labute approximate surface area is 167 Å². The van der Waals surface area contributed by atoms with Crippen molar-refractivity contribution in [3.63, 3.8) is 0 Å². The molecule has 0 spiro atoms. The fourth-order valence-corrected chi connectivity index (χ4v) is 2.97. The van der Waals surface area contributed by atoms with Crippen LogP contribution in [0.5, 0.6) is 5.75 Å². The standard InChI is InChI=1S/C20H19Cl2NO4/c21-15-3-1-14(2-4-15)20(9-10-20)19(25)27-13-18(24)23-11-12-26-17-7-5-16(22)6-8-17/h1-8H,9-13H2,(H,23,24). The topological polar surface area (TPSA) is 64.6 Å². The lowest BCUT2D eigenvalue weighted by Crippen LogP contribution is -2.34. The Morgan fingerprint density at radius 2 is 1.56 bits per heavy atom. The van der Waals surface area contributed by atoms with Gasteiger partial charge >= 0.3 is 5.97 Å². The van der Waals surface area contributed by atoms with E-state index in [-0.39, 0.29) is 18.5 Å². The van der Waals surface area contributed by atoms with Crippen LogP contribution in [0, 0.1) is 0 Å². The van der Waals surface area contributed by atoms with Crippen LogP contribution in [0.2, 0.25) is 10.0 Å². The molecule has 1 amide bonds. The van der Waals surface area contributed by atoms with Gasteiger partial charge in [0.2, 0.25) is 0 Å². The number of benzene rings is 2. The van der Waals surface area contributed by atoms with Crippen LogP contribution in [-0.2, 0) is 19.7 Å². The van der Waals surface area contributed by atoms with Crippen LogP contribution in [-0.4, -0.2) is 31.6 Å². The van der Waals surface area contributed by atoms with E-state index in [1.54, 1.807) is 36.4 Å². The summed E-state index contributed by atoms with van der Waals surface area (Å²) in [5.74, 6) is -0.0777. The molecule has 2 aromatic carbocycles. The number of halogens is 2. The Hall–Kier alpha value is -2.24. The highest BCUT2D eigenvalue weighted by Crippen LogP contribution is 2.49. The molecule has 0 heterocycles. The zero-order chi connectivity index (χ0) is 19.3. The van der Waals surface area contributed by atoms with E-state index in [4.69, 9.17) is 32.7 Å². The minimum absolute atomic E-state index is 0.302. The summed E-state index contributed by atoms with van der Waals surface area (Å²) in [5, 5.41) is 3.90. The first-order valence-corrected chi connectivity index (χ1v) is 9.33. The maximum atomic E-state index is 12.4. The van der Waals surface area contributed by atoms with E-state index in [0.717, 1.165) is 5.56 Å². The zero-order valence-electron chi connectivity index (χ0n) is 14.5. The van der Waals surface area contributed by atoms with Crippen molar-refractivity contribution in [1.82, 2.24) is 5.32 Å². The molecule has 142 valence electrons. The molecule has 1 saturated carbocycles. The first kappa shape index (κ1) is 19.5. The molecule has 1 fully saturated rings. The van der Waals surface area contributed by atoms with E-state index in [2.05, 4.69) is 5.32 Å². The van der Waals surface area contributed by atoms with Crippen molar-refractivity contribution in [3.8, 4) is 5.75 Å². The monoisotopic (exact) mass is 407 g/mol. The van der Waals surface area contributed by atoms with Gasteiger partial charge in [-0.25, -0.2) is 0 Å². The van der Waals surface area contributed by atoms with Gasteiger partial charge in [0.05, 0.1) is 12.0 Å². The van der Waals surface area contributed by atoms with Crippen LogP contribution in [0.25, 0.3) is 0 Å². The van der Waals surface area contributed by atoms with Crippen LogP contribution in [0.1, 0.15) is 18.4 Å². The highest BCUT2D eigenvalue weighted by atomic mass is 35.5. The van der Waals surface area contributed by atoms with Gasteiger partial charge in [-0.15, -0.1) is 0 Å². The quantitative estimate of drug-likeness (QED) is 0.534. The van der Waals surface area contributed by atoms with Crippen molar-refractivity contribution in [1.29, 1.82) is 0 Å². The van der Waals surface area contributed by atoms with Crippen molar-refractivity contribution >= 4 is 35.1 Å². The second-order valence-electron chi connectivity index (χ2n) is 6.32. The van der Waals surface area contributed by atoms with Crippen LogP contribution in [0.3, 0.4) is 0 Å². The molecule has 0 unspecified atom stereocenters. The van der Waals surface area contributed by atoms with Crippen LogP contribution in [0.4, 0.5) is 0 Å². The second kappa shape index (κ2) is 8.63. The molecule has 1 aliphatic rings. The Kier molecular flexibility index (Phi) is 6.24. The van der Waals surface area contributed by atoms with Gasteiger partial charge in [0.25, 0.3) is 5.91 Å². The van der Waals surface area contributed by atoms with Gasteiger partial charge in [-0.05, 0) is 54.8 Å². The van der Waals surface area contributed by atoms with Crippen molar-refractivity contribution < 1.29 is 19.1 Å². The molecule has 0 aliphatic heterocycles. The zero-order valence-corrected chi connectivity index (χ0v) is 16.1. The van der Waals surface area contributed by atoms with Gasteiger partial charge in [0.1, 0.15) is 12.4 Å². The fraction of sp³-hybridized carbons (Fsp3) is 0.300. The number of hydrogen-bond donors (Lipinski definition) is 1. The summed E-state index contributed by atoms with van der Waals surface area (Å²) in [5.41, 5.74) is 0.233. The van der Waals surface area contributed by atoms with Gasteiger partial charge in [0, 0.05) is 10.0 Å². The number of carbonyl (C=O) groups excluding carboxylic acids is 2. The van der Waals surface area contributed by atoms with Crippen molar-refractivity contribution in [2.45, 2.75) is 18.3 Å². The lowest BCUT2D eigenvalue weighted by Gasteiger charge is -2.15. The van der Waals surface area contributed by atoms with Crippen LogP contribution in [0.15, 0.2) is 48.5 Å². The lowest BCUT2D eigenvalue weighted by molar-refractivity contribution is -0.151. The maximum Gasteiger partial charge on any atom is 0.317 e. The molecule has 27 heavy (non-hydrogen) atoms. The predicted octanol–water partition coefficient (Wildman–Crippen LogP) is 3.76. The average molecular weight is 408 g/mol. The molecule has 0 aromatic heterocycles. The normalized spacial score (nSPS) is 14.3. The highest BCUT2D eigenvalue weighted by Gasteiger charge is 2.52. The maximum absolute atomic E-state index is 12.4. The number of amides is 1. The number of nitrogens with one attached hydrogen (secondary N) is 1. The lowest BCUT2D eigenvalue weighted by atomic mass is 9.96. The molecule has 5 nitrogen and oxygen atoms in total. The molecule has 3 rings (SSSR count). The van der Waals surface area contributed by atoms with Crippen LogP contribution < -0.4 is 10.1 Å². The van der Waals surface area contributed by atoms with Gasteiger partial charge < -0.3 is 14.8 Å². The summed E-state index contributed by atoms with van der Waals surface area (Å²) in [6.45, 7) is 0.298. The summed E-state index contributed by atoms with van der Waals surface area (Å²) in [6.07, 6.45) is 1.42. The minimum Gasteiger partial charge on any atom is -0.492 e. The fourth-order valence-electron chi connectivity index (χ4n) is 2.72. The van der Waals surface area contributed by atoms with Gasteiger partial charge in [0.15, 0.2) is 6.61 Å². The van der Waals surface area contributed by atoms with Crippen molar-refractivity contribution in [2.24, 2.45) is 0 Å². The SMILES string of the molecule is O=C(COC(=O)C1(c2ccc(Cl)cc2)CC1)NCCOc1ccc(Cl)cc1. The van der Waals surface area contributed by atoms with E-state index in [1.165, 1.54) is 0 Å². The smallest absolute Gasteiger partial charge is 0.317 e. The molecule has 7 heteroatoms. The van der Waals surface area contributed by atoms with E-state index >= 15 is 0 Å². The third-order valence-corrected chi connectivity index (χ3v) is 4.88. The Morgan fingerprint density at radius 1 is 0.963 bits per heavy atom. The number of hydrogen-bond acceptors (Lipinski definition) is 4. The van der Waals surface area contributed by atoms with Crippen molar-refractivity contribution in [3.05, 3.63) is 64.1 Å². The number of rotatable bonds is 8. The summed E-state index contributed by atoms with van der Waals surface area (Å²) in [6, 6.07) is 14.1. The van der Waals surface area contributed by atoms with E-state index in [9.17, 15) is 9.59 Å². The van der Waals surface area contributed by atoms with Gasteiger partial charge in [-0.2, -0.15) is 0 Å². The summed E-state index contributed by atoms with van der Waals surface area (Å²) in [7, 11) is 0. The summed E-state index contributed by atoms with van der Waals surface area (Å²) in [4.78, 5) is 24.2. The molecule has 0 atom stereocenters. The number of ether oxygens (including phenoxy) is 2. The largest absolute Gasteiger partial charge is 0.492 e. The van der Waals surface area contributed by atoms with Gasteiger partial charge in [-0.3, -0.25) is 9.59 Å². The highest BCUT2D eigenvalue weighted by molar-refractivity contribution is 6.30. The molecule has 0 bridgehead atoms. The van der Waals surface area contributed by atoms with Crippen LogP contribution >= 0.6 is 23.2 Å². The third kappa shape index (κ3) is 5.15. The molecule has 1 N–H and O–H groups in total. The molecule has 1 aliphatic carbocycles. The summed E-state index contributed by atoms with van der Waals surface area (Å²) >= 11 is 11.7. The second-order valence-corrected chi connectivity index (χ2v) is 7.19. The predicted molar refractivity (Wildman–Crippen MR) is 103 cm³/mol. The average Bonchev–Trinajstić information content (AvgIpc) is 3.47. The third-order valence-electron chi connectivity index (χ3n) is 4.38. The Balaban J connectivity index is 1.38. The van der Waals surface area contributed by atoms with Gasteiger partial charge in [-0.1, -0.05) is 35.3 Å². The molecular formula is C20H19Cl2NO4. The molecule has 0 radical (unpaired) electrons. The first-order valence-electron chi connectivity index (χ1n) is 8.58. The molecular weight excluding hydrogens is 389 g/mol. The van der Waals surface area contributed by atoms with E-state index < -0.39 is 5.41 Å². The molecule has 0 saturated heterocycles. The first-order chi connectivity index (χ1) is 13.0. The molecule has 2 aromatic rings. The minimum atomic E-state index is -0.636. The summed E-state index contributed by atoms with van der Waals surface area (Å²) < 4.78 is 10.7. The Bertz CT molecular complexity index is 802. The number of esters is 1. The Morgan fingerprint density at radius 3 is 2.15 bits per heavy atom. The van der Waals surface area contributed by atoms with E-state index in [1.807, 2.05) is 12.1 Å². The number of carbonyl (C=O) groups is 2.